The summed E-state index contributed by atoms with van der Waals surface area (Å²) in [5.41, 5.74) is 2.58. The summed E-state index contributed by atoms with van der Waals surface area (Å²) in [4.78, 5) is 13.1. The fourth-order valence-corrected chi connectivity index (χ4v) is 3.79. The normalized spacial score (nSPS) is 14.3. The largest absolute Gasteiger partial charge is 0.493 e. The first-order valence-electron chi connectivity index (χ1n) is 10.6. The van der Waals surface area contributed by atoms with Crippen LogP contribution in [0.3, 0.4) is 0 Å². The second-order valence-electron chi connectivity index (χ2n) is 7.41. The summed E-state index contributed by atoms with van der Waals surface area (Å²) >= 11 is 3.34. The van der Waals surface area contributed by atoms with Gasteiger partial charge in [0.05, 0.1) is 29.1 Å². The third kappa shape index (κ3) is 5.73. The number of aliphatic imine (C=N–C) groups is 1. The van der Waals surface area contributed by atoms with Gasteiger partial charge in [-0.25, -0.2) is 9.97 Å². The number of hydrogen-bond donors (Lipinski definition) is 1. The van der Waals surface area contributed by atoms with Gasteiger partial charge in [0.2, 0.25) is 5.95 Å². The van der Waals surface area contributed by atoms with Gasteiger partial charge >= 0.3 is 0 Å². The number of hydrogen-bond acceptors (Lipinski definition) is 6. The van der Waals surface area contributed by atoms with Crippen molar-refractivity contribution in [1.82, 2.24) is 9.97 Å². The molecule has 6 nitrogen and oxygen atoms in total. The van der Waals surface area contributed by atoms with E-state index in [1.54, 1.807) is 25.7 Å². The summed E-state index contributed by atoms with van der Waals surface area (Å²) in [6.07, 6.45) is 13.9. The lowest BCUT2D eigenvalue weighted by Crippen LogP contribution is -2.12. The Morgan fingerprint density at radius 2 is 1.84 bits per heavy atom. The number of anilines is 2. The minimum atomic E-state index is 0.255. The van der Waals surface area contributed by atoms with Crippen LogP contribution in [0.1, 0.15) is 31.2 Å². The second-order valence-corrected chi connectivity index (χ2v) is 8.32. The number of para-hydroxylation sites is 3. The maximum absolute atomic E-state index is 6.29. The number of ether oxygens (including phenoxy) is 2. The standard InChI is InChI=1S/C25H25BrN4O2/c1-31-23-14-6-8-18(24(23)32-20-10-2-3-11-20)9-7-15-27-21-12-4-5-13-22(21)30-25-28-16-19(26)17-29-25/h4-9,12-17,20H,2-3,10-11H2,1H3,(H,28,29,30)/b9-7+,27-15?. The molecule has 3 aromatic rings. The Balaban J connectivity index is 1.50. The highest BCUT2D eigenvalue weighted by Gasteiger charge is 2.19. The van der Waals surface area contributed by atoms with Crippen LogP contribution in [0.2, 0.25) is 0 Å². The summed E-state index contributed by atoms with van der Waals surface area (Å²) in [6.45, 7) is 0. The van der Waals surface area contributed by atoms with Gasteiger partial charge in [0.15, 0.2) is 11.5 Å². The van der Waals surface area contributed by atoms with Crippen molar-refractivity contribution >= 4 is 45.5 Å². The lowest BCUT2D eigenvalue weighted by atomic mass is 10.1. The van der Waals surface area contributed by atoms with Gasteiger partial charge < -0.3 is 14.8 Å². The molecule has 1 saturated carbocycles. The molecule has 0 atom stereocenters. The van der Waals surface area contributed by atoms with Gasteiger partial charge in [-0.2, -0.15) is 0 Å². The predicted molar refractivity (Wildman–Crippen MR) is 133 cm³/mol. The van der Waals surface area contributed by atoms with Crippen LogP contribution in [0.5, 0.6) is 11.5 Å². The van der Waals surface area contributed by atoms with Gasteiger partial charge in [-0.3, -0.25) is 4.99 Å². The molecule has 164 valence electrons. The Kier molecular flexibility index (Phi) is 7.51. The molecule has 1 aliphatic carbocycles. The van der Waals surface area contributed by atoms with Crippen molar-refractivity contribution in [3.63, 3.8) is 0 Å². The van der Waals surface area contributed by atoms with Gasteiger partial charge in [-0.1, -0.05) is 24.3 Å². The smallest absolute Gasteiger partial charge is 0.227 e. The van der Waals surface area contributed by atoms with Gasteiger partial charge in [-0.15, -0.1) is 0 Å². The maximum atomic E-state index is 6.29. The van der Waals surface area contributed by atoms with Crippen LogP contribution in [0.4, 0.5) is 17.3 Å². The molecule has 1 aromatic heterocycles. The second kappa shape index (κ2) is 10.9. The SMILES string of the molecule is COc1cccc(/C=C/C=Nc2ccccc2Nc2ncc(Br)cn2)c1OC1CCCC1. The van der Waals surface area contributed by atoms with Crippen LogP contribution in [0.25, 0.3) is 6.08 Å². The topological polar surface area (TPSA) is 68.6 Å². The zero-order valence-electron chi connectivity index (χ0n) is 17.9. The van der Waals surface area contributed by atoms with E-state index in [-0.39, 0.29) is 6.10 Å². The molecule has 0 aliphatic heterocycles. The molecular weight excluding hydrogens is 468 g/mol. The highest BCUT2D eigenvalue weighted by Crippen LogP contribution is 2.35. The van der Waals surface area contributed by atoms with Crippen LogP contribution in [0.15, 0.2) is 70.4 Å². The first kappa shape index (κ1) is 22.0. The quantitative estimate of drug-likeness (QED) is 0.353. The highest BCUT2D eigenvalue weighted by atomic mass is 79.9. The number of nitrogens with zero attached hydrogens (tertiary/aromatic N) is 3. The molecule has 0 unspecified atom stereocenters. The van der Waals surface area contributed by atoms with Crippen molar-refractivity contribution in [2.45, 2.75) is 31.8 Å². The van der Waals surface area contributed by atoms with Crippen LogP contribution >= 0.6 is 15.9 Å². The number of halogens is 1. The van der Waals surface area contributed by atoms with Crippen LogP contribution in [-0.2, 0) is 0 Å². The van der Waals surface area contributed by atoms with Gasteiger partial charge in [0.25, 0.3) is 0 Å². The van der Waals surface area contributed by atoms with E-state index < -0.39 is 0 Å². The van der Waals surface area contributed by atoms with Crippen molar-refractivity contribution in [3.05, 3.63) is 71.0 Å². The van der Waals surface area contributed by atoms with Crippen molar-refractivity contribution in [1.29, 1.82) is 0 Å². The first-order chi connectivity index (χ1) is 15.7. The molecule has 0 radical (unpaired) electrons. The number of methoxy groups -OCH3 is 1. The van der Waals surface area contributed by atoms with E-state index >= 15 is 0 Å². The summed E-state index contributed by atoms with van der Waals surface area (Å²) in [5.74, 6) is 2.05. The minimum absolute atomic E-state index is 0.255. The Morgan fingerprint density at radius 1 is 1.06 bits per heavy atom. The Labute approximate surface area is 196 Å². The molecule has 0 saturated heterocycles. The molecule has 0 bridgehead atoms. The summed E-state index contributed by atoms with van der Waals surface area (Å²) in [6, 6.07) is 13.7. The molecule has 0 amide bonds. The zero-order valence-corrected chi connectivity index (χ0v) is 19.5. The number of aromatic nitrogens is 2. The van der Waals surface area contributed by atoms with Gasteiger partial charge in [0.1, 0.15) is 0 Å². The van der Waals surface area contributed by atoms with E-state index in [9.17, 15) is 0 Å². The molecule has 2 aromatic carbocycles. The zero-order chi connectivity index (χ0) is 22.2. The molecule has 1 aliphatic rings. The number of nitrogens with one attached hydrogen (secondary N) is 1. The number of rotatable bonds is 8. The first-order valence-corrected chi connectivity index (χ1v) is 11.4. The van der Waals surface area contributed by atoms with Crippen LogP contribution in [0, 0.1) is 0 Å². The lowest BCUT2D eigenvalue weighted by molar-refractivity contribution is 0.200. The maximum Gasteiger partial charge on any atom is 0.227 e. The minimum Gasteiger partial charge on any atom is -0.493 e. The van der Waals surface area contributed by atoms with E-state index in [2.05, 4.69) is 36.2 Å². The Morgan fingerprint density at radius 3 is 2.62 bits per heavy atom. The monoisotopic (exact) mass is 492 g/mol. The third-order valence-electron chi connectivity index (χ3n) is 5.16. The van der Waals surface area contributed by atoms with Crippen molar-refractivity contribution in [2.24, 2.45) is 4.99 Å². The van der Waals surface area contributed by atoms with Crippen LogP contribution in [-0.4, -0.2) is 29.4 Å². The lowest BCUT2D eigenvalue weighted by Gasteiger charge is -2.17. The average Bonchev–Trinajstić information content (AvgIpc) is 3.33. The fraction of sp³-hybridized carbons (Fsp3) is 0.240. The molecule has 0 spiro atoms. The van der Waals surface area contributed by atoms with Crippen LogP contribution < -0.4 is 14.8 Å². The summed E-state index contributed by atoms with van der Waals surface area (Å²) < 4.78 is 12.7. The van der Waals surface area contributed by atoms with Crippen molar-refractivity contribution in [3.8, 4) is 11.5 Å². The molecule has 4 rings (SSSR count). The van der Waals surface area contributed by atoms with Crippen molar-refractivity contribution < 1.29 is 9.47 Å². The molecule has 32 heavy (non-hydrogen) atoms. The van der Waals surface area contributed by atoms with E-state index in [0.29, 0.717) is 5.95 Å². The van der Waals surface area contributed by atoms with Gasteiger partial charge in [-0.05, 0) is 72.0 Å². The highest BCUT2D eigenvalue weighted by molar-refractivity contribution is 9.10. The molecule has 7 heteroatoms. The molecule has 1 fully saturated rings. The third-order valence-corrected chi connectivity index (χ3v) is 5.57. The van der Waals surface area contributed by atoms with E-state index in [0.717, 1.165) is 45.8 Å². The number of benzene rings is 2. The Hall–Kier alpha value is -3.19. The average molecular weight is 493 g/mol. The van der Waals surface area contributed by atoms with E-state index in [4.69, 9.17) is 9.47 Å². The summed E-state index contributed by atoms with van der Waals surface area (Å²) in [5, 5.41) is 3.21. The van der Waals surface area contributed by atoms with Gasteiger partial charge in [0, 0.05) is 24.2 Å². The van der Waals surface area contributed by atoms with E-state index in [1.165, 1.54) is 12.8 Å². The predicted octanol–water partition coefficient (Wildman–Crippen LogP) is 6.73. The molecule has 1 heterocycles. The molecule has 1 N–H and O–H groups in total. The summed E-state index contributed by atoms with van der Waals surface area (Å²) in [7, 11) is 1.67. The number of allylic oxidation sites excluding steroid dienone is 1. The Bertz CT molecular complexity index is 1090. The van der Waals surface area contributed by atoms with Crippen molar-refractivity contribution in [2.75, 3.05) is 12.4 Å². The van der Waals surface area contributed by atoms with E-state index in [1.807, 2.05) is 54.6 Å². The fourth-order valence-electron chi connectivity index (χ4n) is 3.58. The molecular formula is C25H25BrN4O2.